The third-order valence-electron chi connectivity index (χ3n) is 3.41. The number of nitrogens with one attached hydrogen (secondary N) is 1. The average molecular weight is 283 g/mol. The van der Waals surface area contributed by atoms with Crippen molar-refractivity contribution in [3.8, 4) is 0 Å². The van der Waals surface area contributed by atoms with E-state index in [9.17, 15) is 4.79 Å². The molecule has 3 N–H and O–H groups in total. The van der Waals surface area contributed by atoms with Crippen LogP contribution in [0.1, 0.15) is 31.2 Å². The number of halogens is 1. The maximum absolute atomic E-state index is 11.8. The molecule has 1 saturated carbocycles. The van der Waals surface area contributed by atoms with Crippen LogP contribution >= 0.6 is 11.6 Å². The van der Waals surface area contributed by atoms with E-state index in [4.69, 9.17) is 22.1 Å². The molecule has 1 fully saturated rings. The van der Waals surface area contributed by atoms with E-state index in [1.165, 1.54) is 0 Å². The summed E-state index contributed by atoms with van der Waals surface area (Å²) in [5.41, 5.74) is 7.43. The van der Waals surface area contributed by atoms with Crippen molar-refractivity contribution in [3.63, 3.8) is 0 Å². The lowest BCUT2D eigenvalue weighted by Gasteiger charge is -2.25. The fourth-order valence-corrected chi connectivity index (χ4v) is 2.36. The van der Waals surface area contributed by atoms with E-state index in [1.807, 2.05) is 13.0 Å². The van der Waals surface area contributed by atoms with Crippen LogP contribution in [0.4, 0.5) is 10.5 Å². The minimum Gasteiger partial charge on any atom is -0.446 e. The second kappa shape index (κ2) is 6.26. The Labute approximate surface area is 118 Å². The summed E-state index contributed by atoms with van der Waals surface area (Å²) < 4.78 is 5.37. The van der Waals surface area contributed by atoms with Crippen LogP contribution in [0.3, 0.4) is 0 Å². The summed E-state index contributed by atoms with van der Waals surface area (Å²) in [5.74, 6) is 0. The molecule has 19 heavy (non-hydrogen) atoms. The molecule has 0 radical (unpaired) electrons. The van der Waals surface area contributed by atoms with Crippen LogP contribution in [0, 0.1) is 6.92 Å². The van der Waals surface area contributed by atoms with Crippen molar-refractivity contribution in [2.24, 2.45) is 5.73 Å². The number of hydrogen-bond donors (Lipinski definition) is 2. The first-order valence-electron chi connectivity index (χ1n) is 6.54. The van der Waals surface area contributed by atoms with Gasteiger partial charge in [0.2, 0.25) is 0 Å². The zero-order valence-corrected chi connectivity index (χ0v) is 11.7. The molecule has 0 aromatic heterocycles. The Kier molecular flexibility index (Phi) is 4.66. The average Bonchev–Trinajstić information content (AvgIpc) is 2.37. The highest BCUT2D eigenvalue weighted by molar-refractivity contribution is 6.31. The zero-order chi connectivity index (χ0) is 13.8. The number of hydrogen-bond acceptors (Lipinski definition) is 3. The van der Waals surface area contributed by atoms with Gasteiger partial charge in [-0.15, -0.1) is 0 Å². The molecule has 1 amide bonds. The minimum absolute atomic E-state index is 0.0271. The lowest BCUT2D eigenvalue weighted by molar-refractivity contribution is 0.0826. The van der Waals surface area contributed by atoms with Gasteiger partial charge in [-0.1, -0.05) is 17.7 Å². The number of carbonyl (C=O) groups excluding carboxylic acids is 1. The molecular formula is C14H19ClN2O2. The highest BCUT2D eigenvalue weighted by atomic mass is 35.5. The Balaban J connectivity index is 1.85. The quantitative estimate of drug-likeness (QED) is 0.873. The fourth-order valence-electron chi connectivity index (χ4n) is 2.18. The third kappa shape index (κ3) is 4.11. The number of anilines is 1. The highest BCUT2D eigenvalue weighted by Crippen LogP contribution is 2.22. The number of rotatable bonds is 2. The molecule has 0 bridgehead atoms. The summed E-state index contributed by atoms with van der Waals surface area (Å²) in [6, 6.07) is 5.63. The number of amides is 1. The maximum atomic E-state index is 11.8. The number of carbonyl (C=O) groups is 1. The molecule has 1 aromatic rings. The van der Waals surface area contributed by atoms with Gasteiger partial charge in [-0.25, -0.2) is 4.79 Å². The van der Waals surface area contributed by atoms with Crippen LogP contribution in [0.5, 0.6) is 0 Å². The maximum Gasteiger partial charge on any atom is 0.411 e. The third-order valence-corrected chi connectivity index (χ3v) is 3.82. The van der Waals surface area contributed by atoms with Gasteiger partial charge in [0.1, 0.15) is 6.10 Å². The van der Waals surface area contributed by atoms with Crippen LogP contribution in [-0.2, 0) is 4.74 Å². The van der Waals surface area contributed by atoms with Gasteiger partial charge in [0.15, 0.2) is 0 Å². The topological polar surface area (TPSA) is 64.3 Å². The van der Waals surface area contributed by atoms with Gasteiger partial charge in [0.25, 0.3) is 0 Å². The van der Waals surface area contributed by atoms with Gasteiger partial charge in [-0.3, -0.25) is 5.32 Å². The highest BCUT2D eigenvalue weighted by Gasteiger charge is 2.21. The summed E-state index contributed by atoms with van der Waals surface area (Å²) in [6.45, 7) is 1.91. The first-order valence-corrected chi connectivity index (χ1v) is 6.92. The van der Waals surface area contributed by atoms with Crippen molar-refractivity contribution in [2.45, 2.75) is 44.8 Å². The number of benzene rings is 1. The molecule has 1 aromatic carbocycles. The van der Waals surface area contributed by atoms with E-state index < -0.39 is 6.09 Å². The molecule has 0 unspecified atom stereocenters. The molecule has 5 heteroatoms. The molecule has 1 aliphatic rings. The van der Waals surface area contributed by atoms with E-state index in [2.05, 4.69) is 5.32 Å². The van der Waals surface area contributed by atoms with Crippen molar-refractivity contribution < 1.29 is 9.53 Å². The Morgan fingerprint density at radius 2 is 2.05 bits per heavy atom. The predicted molar refractivity (Wildman–Crippen MR) is 76.5 cm³/mol. The number of aryl methyl sites for hydroxylation is 1. The normalized spacial score (nSPS) is 22.9. The van der Waals surface area contributed by atoms with Crippen molar-refractivity contribution in [1.29, 1.82) is 0 Å². The van der Waals surface area contributed by atoms with Gasteiger partial charge in [-0.2, -0.15) is 0 Å². The monoisotopic (exact) mass is 282 g/mol. The summed E-state index contributed by atoms with van der Waals surface area (Å²) in [5, 5.41) is 3.32. The number of ether oxygens (including phenoxy) is 1. The van der Waals surface area contributed by atoms with E-state index in [0.717, 1.165) is 31.2 Å². The second-order valence-electron chi connectivity index (χ2n) is 5.03. The molecule has 4 nitrogen and oxygen atoms in total. The summed E-state index contributed by atoms with van der Waals surface area (Å²) in [6.07, 6.45) is 3.04. The molecule has 0 aliphatic heterocycles. The molecule has 0 heterocycles. The molecule has 0 atom stereocenters. The Bertz CT molecular complexity index is 457. The van der Waals surface area contributed by atoms with Crippen molar-refractivity contribution >= 4 is 23.4 Å². The summed E-state index contributed by atoms with van der Waals surface area (Å²) in [4.78, 5) is 11.8. The first kappa shape index (κ1) is 14.2. The van der Waals surface area contributed by atoms with E-state index in [1.54, 1.807) is 12.1 Å². The molecule has 1 aliphatic carbocycles. The summed E-state index contributed by atoms with van der Waals surface area (Å²) in [7, 11) is 0. The smallest absolute Gasteiger partial charge is 0.411 e. The zero-order valence-electron chi connectivity index (χ0n) is 11.0. The van der Waals surface area contributed by atoms with Gasteiger partial charge < -0.3 is 10.5 Å². The number of nitrogens with two attached hydrogens (primary N) is 1. The van der Waals surface area contributed by atoms with Crippen LogP contribution < -0.4 is 11.1 Å². The van der Waals surface area contributed by atoms with Crippen molar-refractivity contribution in [1.82, 2.24) is 0 Å². The standard InChI is InChI=1S/C14H19ClN2O2/c1-9-2-5-11(8-13(9)15)17-14(18)19-12-6-3-10(16)4-7-12/h2,5,8,10,12H,3-4,6-7,16H2,1H3,(H,17,18). The lowest BCUT2D eigenvalue weighted by atomic mass is 9.94. The fraction of sp³-hybridized carbons (Fsp3) is 0.500. The van der Waals surface area contributed by atoms with E-state index in [-0.39, 0.29) is 12.1 Å². The Hall–Kier alpha value is -1.26. The largest absolute Gasteiger partial charge is 0.446 e. The predicted octanol–water partition coefficient (Wildman–Crippen LogP) is 3.47. The summed E-state index contributed by atoms with van der Waals surface area (Å²) >= 11 is 6.00. The van der Waals surface area contributed by atoms with Crippen molar-refractivity contribution in [2.75, 3.05) is 5.32 Å². The first-order chi connectivity index (χ1) is 9.04. The molecule has 0 saturated heterocycles. The van der Waals surface area contributed by atoms with Gasteiger partial charge in [0.05, 0.1) is 0 Å². The van der Waals surface area contributed by atoms with Gasteiger partial charge in [0, 0.05) is 16.8 Å². The molecule has 2 rings (SSSR count). The van der Waals surface area contributed by atoms with Crippen LogP contribution in [0.25, 0.3) is 0 Å². The van der Waals surface area contributed by atoms with Crippen LogP contribution in [-0.4, -0.2) is 18.2 Å². The molecule has 0 spiro atoms. The molecule has 104 valence electrons. The SMILES string of the molecule is Cc1ccc(NC(=O)OC2CCC(N)CC2)cc1Cl. The minimum atomic E-state index is -0.430. The lowest BCUT2D eigenvalue weighted by Crippen LogP contribution is -2.32. The van der Waals surface area contributed by atoms with Crippen molar-refractivity contribution in [3.05, 3.63) is 28.8 Å². The Morgan fingerprint density at radius 1 is 1.37 bits per heavy atom. The van der Waals surface area contributed by atoms with Crippen LogP contribution in [0.2, 0.25) is 5.02 Å². The van der Waals surface area contributed by atoms with Gasteiger partial charge in [-0.05, 0) is 50.3 Å². The van der Waals surface area contributed by atoms with Gasteiger partial charge >= 0.3 is 6.09 Å². The Morgan fingerprint density at radius 3 is 2.68 bits per heavy atom. The van der Waals surface area contributed by atoms with Crippen LogP contribution in [0.15, 0.2) is 18.2 Å². The van der Waals surface area contributed by atoms with E-state index in [0.29, 0.717) is 10.7 Å². The van der Waals surface area contributed by atoms with E-state index >= 15 is 0 Å². The second-order valence-corrected chi connectivity index (χ2v) is 5.44. The molecular weight excluding hydrogens is 264 g/mol.